The highest BCUT2D eigenvalue weighted by Gasteiger charge is 2.43. The first kappa shape index (κ1) is 17.5. The number of ketones is 1. The van der Waals surface area contributed by atoms with Crippen LogP contribution in [-0.2, 0) is 11.2 Å². The summed E-state index contributed by atoms with van der Waals surface area (Å²) in [4.78, 5) is 26.7. The molecule has 2 aromatic carbocycles. The lowest BCUT2D eigenvalue weighted by atomic mass is 9.65. The summed E-state index contributed by atoms with van der Waals surface area (Å²) in [5.41, 5.74) is 3.13. The van der Waals surface area contributed by atoms with Crippen LogP contribution in [0.2, 0.25) is 0 Å². The quantitative estimate of drug-likeness (QED) is 0.823. The smallest absolute Gasteiger partial charge is 0.320 e. The molecule has 1 aliphatic carbocycles. The summed E-state index contributed by atoms with van der Waals surface area (Å²) in [6.07, 6.45) is 4.90. The number of fused-ring (bicyclic) bond motifs is 1. The Morgan fingerprint density at radius 1 is 1.04 bits per heavy atom. The van der Waals surface area contributed by atoms with Crippen LogP contribution in [0.4, 0.5) is 10.5 Å². The van der Waals surface area contributed by atoms with E-state index in [9.17, 15) is 9.59 Å². The monoisotopic (exact) mass is 360 g/mol. The van der Waals surface area contributed by atoms with Crippen molar-refractivity contribution in [2.24, 2.45) is 5.41 Å². The van der Waals surface area contributed by atoms with Crippen molar-refractivity contribution in [3.63, 3.8) is 0 Å². The maximum atomic E-state index is 12.8. The zero-order valence-electron chi connectivity index (χ0n) is 15.4. The van der Waals surface area contributed by atoms with Crippen LogP contribution in [0, 0.1) is 5.41 Å². The van der Waals surface area contributed by atoms with Crippen LogP contribution >= 0.6 is 0 Å². The van der Waals surface area contributed by atoms with Crippen LogP contribution in [0.15, 0.2) is 72.3 Å². The van der Waals surface area contributed by atoms with Gasteiger partial charge in [-0.05, 0) is 30.5 Å². The molecular formula is C23H24N2O2. The van der Waals surface area contributed by atoms with Crippen molar-refractivity contribution in [2.45, 2.75) is 25.7 Å². The highest BCUT2D eigenvalue weighted by molar-refractivity contribution is 5.90. The van der Waals surface area contributed by atoms with Crippen molar-refractivity contribution >= 4 is 17.5 Å². The number of anilines is 1. The molecule has 4 rings (SSSR count). The Balaban J connectivity index is 1.57. The minimum absolute atomic E-state index is 0.0826. The molecule has 0 saturated heterocycles. The fourth-order valence-corrected chi connectivity index (χ4v) is 4.27. The molecule has 1 unspecified atom stereocenters. The maximum Gasteiger partial charge on any atom is 0.322 e. The average molecular weight is 360 g/mol. The van der Waals surface area contributed by atoms with Gasteiger partial charge >= 0.3 is 6.03 Å². The van der Waals surface area contributed by atoms with E-state index in [-0.39, 0.29) is 11.4 Å². The molecule has 1 saturated carbocycles. The zero-order valence-corrected chi connectivity index (χ0v) is 15.4. The van der Waals surface area contributed by atoms with Crippen molar-refractivity contribution in [1.82, 2.24) is 4.90 Å². The van der Waals surface area contributed by atoms with Gasteiger partial charge in [-0.1, -0.05) is 60.2 Å². The second-order valence-electron chi connectivity index (χ2n) is 7.56. The molecular weight excluding hydrogens is 336 g/mol. The highest BCUT2D eigenvalue weighted by atomic mass is 16.2. The number of urea groups is 1. The predicted molar refractivity (Wildman–Crippen MR) is 107 cm³/mol. The fourth-order valence-electron chi connectivity index (χ4n) is 4.27. The average Bonchev–Trinajstić information content (AvgIpc) is 2.69. The normalized spacial score (nSPS) is 22.0. The van der Waals surface area contributed by atoms with Crippen molar-refractivity contribution in [1.29, 1.82) is 0 Å². The lowest BCUT2D eigenvalue weighted by Gasteiger charge is -2.46. The van der Waals surface area contributed by atoms with E-state index < -0.39 is 0 Å². The number of Topliss-reactive ketones (excluding diaryl/α,β-unsaturated/α-hetero) is 1. The van der Waals surface area contributed by atoms with Crippen molar-refractivity contribution in [2.75, 3.05) is 18.4 Å². The van der Waals surface area contributed by atoms with Gasteiger partial charge in [0.05, 0.1) is 0 Å². The first-order chi connectivity index (χ1) is 13.1. The Bertz CT molecular complexity index is 860. The third-order valence-corrected chi connectivity index (χ3v) is 5.70. The Hall–Kier alpha value is -2.88. The predicted octanol–water partition coefficient (Wildman–Crippen LogP) is 4.44. The number of rotatable bonds is 3. The Morgan fingerprint density at radius 3 is 2.48 bits per heavy atom. The molecule has 0 radical (unpaired) electrons. The van der Waals surface area contributed by atoms with Gasteiger partial charge in [0.15, 0.2) is 0 Å². The molecule has 2 aliphatic rings. The third-order valence-electron chi connectivity index (χ3n) is 5.70. The largest absolute Gasteiger partial charge is 0.322 e. The molecule has 1 fully saturated rings. The number of hydrogen-bond acceptors (Lipinski definition) is 2. The van der Waals surface area contributed by atoms with E-state index in [1.807, 2.05) is 53.4 Å². The summed E-state index contributed by atoms with van der Waals surface area (Å²) in [5.74, 6) is 0.312. The van der Waals surface area contributed by atoms with E-state index in [0.29, 0.717) is 31.7 Å². The Labute approximate surface area is 159 Å². The van der Waals surface area contributed by atoms with E-state index in [4.69, 9.17) is 0 Å². The lowest BCUT2D eigenvalue weighted by Crippen LogP contribution is -2.50. The number of nitrogens with one attached hydrogen (secondary N) is 1. The molecule has 1 atom stereocenters. The summed E-state index contributed by atoms with van der Waals surface area (Å²) in [6.45, 7) is 1.21. The van der Waals surface area contributed by atoms with E-state index >= 15 is 0 Å². The second kappa shape index (κ2) is 7.39. The van der Waals surface area contributed by atoms with Crippen molar-refractivity contribution < 1.29 is 9.59 Å². The van der Waals surface area contributed by atoms with Gasteiger partial charge < -0.3 is 10.2 Å². The molecule has 0 bridgehead atoms. The standard InChI is InChI=1S/C23H24N2O2/c26-21-11-13-23(16-18-7-3-1-4-8-18)17-25(14-12-19(23)15-21)22(27)24-20-9-5-2-6-10-20/h1-10,12H,11,13-17H2,(H,24,27). The SMILES string of the molecule is O=C1CCC2(Cc3ccccc3)CN(C(=O)Nc3ccccc3)CC=C2C1. The number of nitrogens with zero attached hydrogens (tertiary/aromatic N) is 1. The number of hydrogen-bond donors (Lipinski definition) is 1. The minimum Gasteiger partial charge on any atom is -0.320 e. The van der Waals surface area contributed by atoms with Crippen molar-refractivity contribution in [3.8, 4) is 0 Å². The molecule has 4 nitrogen and oxygen atoms in total. The van der Waals surface area contributed by atoms with Gasteiger partial charge in [-0.25, -0.2) is 4.79 Å². The number of amides is 2. The molecule has 27 heavy (non-hydrogen) atoms. The topological polar surface area (TPSA) is 49.4 Å². The summed E-state index contributed by atoms with van der Waals surface area (Å²) >= 11 is 0. The molecule has 1 N–H and O–H groups in total. The van der Waals surface area contributed by atoms with Crippen LogP contribution < -0.4 is 5.32 Å². The first-order valence-corrected chi connectivity index (χ1v) is 9.51. The molecule has 2 aromatic rings. The van der Waals surface area contributed by atoms with E-state index in [0.717, 1.165) is 18.5 Å². The molecule has 1 aliphatic heterocycles. The molecule has 1 heterocycles. The summed E-state index contributed by atoms with van der Waals surface area (Å²) < 4.78 is 0. The molecule has 4 heteroatoms. The molecule has 0 spiro atoms. The van der Waals surface area contributed by atoms with Gasteiger partial charge in [0.25, 0.3) is 0 Å². The van der Waals surface area contributed by atoms with Gasteiger partial charge in [0.1, 0.15) is 5.78 Å². The Morgan fingerprint density at radius 2 is 1.74 bits per heavy atom. The second-order valence-corrected chi connectivity index (χ2v) is 7.56. The van der Waals surface area contributed by atoms with Crippen LogP contribution in [-0.4, -0.2) is 29.8 Å². The third kappa shape index (κ3) is 3.80. The van der Waals surface area contributed by atoms with Gasteiger partial charge in [-0.2, -0.15) is 0 Å². The van der Waals surface area contributed by atoms with E-state index in [2.05, 4.69) is 23.5 Å². The van der Waals surface area contributed by atoms with Crippen LogP contribution in [0.5, 0.6) is 0 Å². The maximum absolute atomic E-state index is 12.8. The van der Waals surface area contributed by atoms with E-state index in [1.54, 1.807) is 0 Å². The summed E-state index contributed by atoms with van der Waals surface area (Å²) in [6, 6.07) is 19.8. The fraction of sp³-hybridized carbons (Fsp3) is 0.304. The number of carbonyl (C=O) groups excluding carboxylic acids is 2. The zero-order chi connectivity index (χ0) is 18.7. The molecule has 138 valence electrons. The van der Waals surface area contributed by atoms with Gasteiger partial charge in [-0.15, -0.1) is 0 Å². The van der Waals surface area contributed by atoms with Gasteiger partial charge in [0.2, 0.25) is 0 Å². The number of benzene rings is 2. The minimum atomic E-state index is -0.137. The Kier molecular flexibility index (Phi) is 4.80. The van der Waals surface area contributed by atoms with Crippen LogP contribution in [0.25, 0.3) is 0 Å². The van der Waals surface area contributed by atoms with Crippen molar-refractivity contribution in [3.05, 3.63) is 77.9 Å². The van der Waals surface area contributed by atoms with Crippen LogP contribution in [0.3, 0.4) is 0 Å². The first-order valence-electron chi connectivity index (χ1n) is 9.51. The van der Waals surface area contributed by atoms with Gasteiger partial charge in [0, 0.05) is 37.0 Å². The summed E-state index contributed by atoms with van der Waals surface area (Å²) in [5, 5.41) is 2.99. The molecule has 2 amide bonds. The summed E-state index contributed by atoms with van der Waals surface area (Å²) in [7, 11) is 0. The number of para-hydroxylation sites is 1. The van der Waals surface area contributed by atoms with E-state index in [1.165, 1.54) is 11.1 Å². The molecule has 0 aromatic heterocycles. The number of carbonyl (C=O) groups is 2. The highest BCUT2D eigenvalue weighted by Crippen LogP contribution is 2.45. The van der Waals surface area contributed by atoms with Crippen LogP contribution in [0.1, 0.15) is 24.8 Å². The van der Waals surface area contributed by atoms with Gasteiger partial charge in [-0.3, -0.25) is 4.79 Å². The lowest BCUT2D eigenvalue weighted by molar-refractivity contribution is -0.120.